The van der Waals surface area contributed by atoms with Gasteiger partial charge in [-0.15, -0.1) is 0 Å². The van der Waals surface area contributed by atoms with Crippen LogP contribution in [0.15, 0.2) is 42.5 Å². The standard InChI is InChI=1S/C15H23NO/c1-3-4-12-16(2)13-8-9-14-17-15-10-6-5-7-11-15/h3-7,10-11H,8-9,12-14H2,1-2H3/b4-3+. The number of benzene rings is 1. The van der Waals surface area contributed by atoms with E-state index in [0.717, 1.165) is 31.9 Å². The van der Waals surface area contributed by atoms with Gasteiger partial charge >= 0.3 is 0 Å². The summed E-state index contributed by atoms with van der Waals surface area (Å²) in [5, 5.41) is 0. The number of unbranched alkanes of at least 4 members (excludes halogenated alkanes) is 1. The lowest BCUT2D eigenvalue weighted by Gasteiger charge is -2.14. The van der Waals surface area contributed by atoms with Crippen molar-refractivity contribution in [2.24, 2.45) is 0 Å². The van der Waals surface area contributed by atoms with Gasteiger partial charge in [0.25, 0.3) is 0 Å². The number of ether oxygens (including phenoxy) is 1. The summed E-state index contributed by atoms with van der Waals surface area (Å²) in [6.07, 6.45) is 6.56. The molecule has 0 aliphatic carbocycles. The van der Waals surface area contributed by atoms with Gasteiger partial charge in [0.1, 0.15) is 5.75 Å². The van der Waals surface area contributed by atoms with Gasteiger partial charge < -0.3 is 9.64 Å². The Kier molecular flexibility index (Phi) is 7.15. The Morgan fingerprint density at radius 3 is 2.65 bits per heavy atom. The minimum atomic E-state index is 0.807. The van der Waals surface area contributed by atoms with Crippen LogP contribution in [0, 0.1) is 0 Å². The molecular formula is C15H23NO. The van der Waals surface area contributed by atoms with Gasteiger partial charge in [-0.05, 0) is 45.5 Å². The van der Waals surface area contributed by atoms with Crippen LogP contribution in [0.25, 0.3) is 0 Å². The minimum absolute atomic E-state index is 0.807. The van der Waals surface area contributed by atoms with E-state index >= 15 is 0 Å². The first-order valence-corrected chi connectivity index (χ1v) is 6.30. The van der Waals surface area contributed by atoms with Gasteiger partial charge in [0.2, 0.25) is 0 Å². The predicted molar refractivity (Wildman–Crippen MR) is 73.5 cm³/mol. The zero-order valence-corrected chi connectivity index (χ0v) is 10.9. The molecule has 94 valence electrons. The fraction of sp³-hybridized carbons (Fsp3) is 0.467. The van der Waals surface area contributed by atoms with Crippen LogP contribution in [-0.2, 0) is 0 Å². The van der Waals surface area contributed by atoms with E-state index in [-0.39, 0.29) is 0 Å². The lowest BCUT2D eigenvalue weighted by molar-refractivity contribution is 0.287. The van der Waals surface area contributed by atoms with E-state index in [0.29, 0.717) is 0 Å². The van der Waals surface area contributed by atoms with Crippen LogP contribution < -0.4 is 4.74 Å². The highest BCUT2D eigenvalue weighted by molar-refractivity contribution is 5.20. The van der Waals surface area contributed by atoms with Gasteiger partial charge in [-0.1, -0.05) is 30.4 Å². The maximum absolute atomic E-state index is 5.64. The highest BCUT2D eigenvalue weighted by Crippen LogP contribution is 2.08. The van der Waals surface area contributed by atoms with Gasteiger partial charge in [-0.25, -0.2) is 0 Å². The van der Waals surface area contributed by atoms with Gasteiger partial charge in [-0.3, -0.25) is 0 Å². The zero-order valence-electron chi connectivity index (χ0n) is 10.9. The molecule has 0 amide bonds. The van der Waals surface area contributed by atoms with E-state index in [1.165, 1.54) is 6.42 Å². The van der Waals surface area contributed by atoms with Crippen molar-refractivity contribution in [2.45, 2.75) is 19.8 Å². The molecule has 0 aromatic heterocycles. The van der Waals surface area contributed by atoms with Crippen molar-refractivity contribution in [1.82, 2.24) is 4.90 Å². The van der Waals surface area contributed by atoms with Crippen molar-refractivity contribution in [1.29, 1.82) is 0 Å². The molecule has 0 spiro atoms. The Hall–Kier alpha value is -1.28. The van der Waals surface area contributed by atoms with Crippen molar-refractivity contribution >= 4 is 0 Å². The van der Waals surface area contributed by atoms with Gasteiger partial charge in [-0.2, -0.15) is 0 Å². The largest absolute Gasteiger partial charge is 0.494 e. The predicted octanol–water partition coefficient (Wildman–Crippen LogP) is 3.35. The number of hydrogen-bond donors (Lipinski definition) is 0. The van der Waals surface area contributed by atoms with Crippen molar-refractivity contribution in [3.63, 3.8) is 0 Å². The highest BCUT2D eigenvalue weighted by atomic mass is 16.5. The third-order valence-corrected chi connectivity index (χ3v) is 2.60. The lowest BCUT2D eigenvalue weighted by Crippen LogP contribution is -2.20. The Balaban J connectivity index is 2.01. The molecule has 17 heavy (non-hydrogen) atoms. The van der Waals surface area contributed by atoms with Crippen LogP contribution in [0.2, 0.25) is 0 Å². The van der Waals surface area contributed by atoms with E-state index in [9.17, 15) is 0 Å². The molecule has 1 aromatic rings. The fourth-order valence-corrected chi connectivity index (χ4v) is 1.57. The molecule has 0 saturated carbocycles. The molecule has 0 atom stereocenters. The maximum Gasteiger partial charge on any atom is 0.119 e. The topological polar surface area (TPSA) is 12.5 Å². The summed E-state index contributed by atoms with van der Waals surface area (Å²) in [4.78, 5) is 2.32. The number of likely N-dealkylation sites (N-methyl/N-ethyl adjacent to an activating group) is 1. The third-order valence-electron chi connectivity index (χ3n) is 2.60. The van der Waals surface area contributed by atoms with Crippen molar-refractivity contribution < 1.29 is 4.74 Å². The van der Waals surface area contributed by atoms with Crippen LogP contribution in [-0.4, -0.2) is 31.6 Å². The summed E-state index contributed by atoms with van der Waals surface area (Å²) in [5.74, 6) is 0.967. The Morgan fingerprint density at radius 2 is 1.94 bits per heavy atom. The second-order valence-electron chi connectivity index (χ2n) is 4.20. The summed E-state index contributed by atoms with van der Waals surface area (Å²) in [5.41, 5.74) is 0. The number of rotatable bonds is 8. The van der Waals surface area contributed by atoms with Crippen LogP contribution >= 0.6 is 0 Å². The average molecular weight is 233 g/mol. The molecule has 1 rings (SSSR count). The van der Waals surface area contributed by atoms with Crippen LogP contribution in [0.5, 0.6) is 5.75 Å². The fourth-order valence-electron chi connectivity index (χ4n) is 1.57. The number of hydrogen-bond acceptors (Lipinski definition) is 2. The van der Waals surface area contributed by atoms with Gasteiger partial charge in [0.15, 0.2) is 0 Å². The molecule has 0 unspecified atom stereocenters. The molecule has 0 N–H and O–H groups in total. The first kappa shape index (κ1) is 13.8. The van der Waals surface area contributed by atoms with E-state index in [1.807, 2.05) is 30.3 Å². The summed E-state index contributed by atoms with van der Waals surface area (Å²) in [6, 6.07) is 10.00. The Labute approximate surface area is 105 Å². The van der Waals surface area contributed by atoms with E-state index in [1.54, 1.807) is 0 Å². The molecule has 1 aromatic carbocycles. The van der Waals surface area contributed by atoms with Crippen LogP contribution in [0.1, 0.15) is 19.8 Å². The number of nitrogens with zero attached hydrogens (tertiary/aromatic N) is 1. The summed E-state index contributed by atoms with van der Waals surface area (Å²) >= 11 is 0. The normalized spacial score (nSPS) is 11.2. The lowest BCUT2D eigenvalue weighted by atomic mass is 10.3. The smallest absolute Gasteiger partial charge is 0.119 e. The molecule has 0 radical (unpaired) electrons. The van der Waals surface area contributed by atoms with Crippen molar-refractivity contribution in [3.05, 3.63) is 42.5 Å². The second kappa shape index (κ2) is 8.82. The van der Waals surface area contributed by atoms with Gasteiger partial charge in [0, 0.05) is 6.54 Å². The molecule has 0 bridgehead atoms. The molecule has 2 heteroatoms. The van der Waals surface area contributed by atoms with E-state index in [2.05, 4.69) is 31.0 Å². The Morgan fingerprint density at radius 1 is 1.18 bits per heavy atom. The second-order valence-corrected chi connectivity index (χ2v) is 4.20. The highest BCUT2D eigenvalue weighted by Gasteiger charge is 1.96. The van der Waals surface area contributed by atoms with Gasteiger partial charge in [0.05, 0.1) is 6.61 Å². The molecule has 2 nitrogen and oxygen atoms in total. The monoisotopic (exact) mass is 233 g/mol. The molecule has 0 saturated heterocycles. The minimum Gasteiger partial charge on any atom is -0.494 e. The van der Waals surface area contributed by atoms with Crippen LogP contribution in [0.4, 0.5) is 0 Å². The Bertz CT molecular complexity index is 308. The van der Waals surface area contributed by atoms with Crippen molar-refractivity contribution in [3.8, 4) is 5.75 Å². The first-order valence-electron chi connectivity index (χ1n) is 6.30. The summed E-state index contributed by atoms with van der Waals surface area (Å²) in [6.45, 7) is 5.03. The zero-order chi connectivity index (χ0) is 12.3. The molecule has 0 fully saturated rings. The summed E-state index contributed by atoms with van der Waals surface area (Å²) in [7, 11) is 2.15. The number of allylic oxidation sites excluding steroid dienone is 1. The summed E-state index contributed by atoms with van der Waals surface area (Å²) < 4.78 is 5.64. The quantitative estimate of drug-likeness (QED) is 0.504. The van der Waals surface area contributed by atoms with Crippen LogP contribution in [0.3, 0.4) is 0 Å². The van der Waals surface area contributed by atoms with E-state index < -0.39 is 0 Å². The number of para-hydroxylation sites is 1. The SMILES string of the molecule is C/C=C/CN(C)CCCCOc1ccccc1. The first-order chi connectivity index (χ1) is 8.33. The van der Waals surface area contributed by atoms with Crippen molar-refractivity contribution in [2.75, 3.05) is 26.7 Å². The molecule has 0 aliphatic rings. The average Bonchev–Trinajstić information content (AvgIpc) is 2.37. The molecular weight excluding hydrogens is 210 g/mol. The maximum atomic E-state index is 5.64. The molecule has 0 aliphatic heterocycles. The third kappa shape index (κ3) is 6.80. The van der Waals surface area contributed by atoms with E-state index in [4.69, 9.17) is 4.74 Å². The molecule has 0 heterocycles.